The molecular weight excluding hydrogens is 464 g/mol. The van der Waals surface area contributed by atoms with Gasteiger partial charge in [-0.15, -0.1) is 0 Å². The van der Waals surface area contributed by atoms with Gasteiger partial charge in [-0.2, -0.15) is 0 Å². The lowest BCUT2D eigenvalue weighted by Gasteiger charge is -2.25. The molecule has 0 radical (unpaired) electrons. The van der Waals surface area contributed by atoms with Crippen molar-refractivity contribution in [3.8, 4) is 11.5 Å². The van der Waals surface area contributed by atoms with Crippen LogP contribution < -0.4 is 5.73 Å². The van der Waals surface area contributed by atoms with Gasteiger partial charge in [-0.3, -0.25) is 0 Å². The second-order valence-electron chi connectivity index (χ2n) is 10.6. The number of aromatic nitrogens is 3. The molecule has 0 saturated heterocycles. The van der Waals surface area contributed by atoms with Crippen LogP contribution in [0.4, 0.5) is 5.82 Å². The van der Waals surface area contributed by atoms with Crippen LogP contribution >= 0.6 is 0 Å². The number of fused-ring (bicyclic) bond motifs is 3. The number of aromatic hydroxyl groups is 2. The van der Waals surface area contributed by atoms with Crippen molar-refractivity contribution in [2.24, 2.45) is 0 Å². The average Bonchev–Trinajstić information content (AvgIpc) is 3.23. The van der Waals surface area contributed by atoms with E-state index in [-0.39, 0.29) is 16.9 Å². The van der Waals surface area contributed by atoms with Crippen LogP contribution in [0.1, 0.15) is 76.8 Å². The average molecular weight is 505 g/mol. The molecule has 0 amide bonds. The Hall–Kier alpha value is -3.32. The summed E-state index contributed by atoms with van der Waals surface area (Å²) in [6, 6.07) is 11.1. The normalized spacial score (nSPS) is 12.1. The number of nitrogens with zero attached hydrogens (tertiary/aromatic N) is 3. The number of phenols is 2. The first-order valence-corrected chi connectivity index (χ1v) is 13.4. The standard InChI is InChI=1S/C30H40N4O3/c1-5-7-9-26-33-27-28(34(26)19-20-17-22(35)11-13-25(20)36)23-12-10-21(18-24(23)32-29(27)31)30(3,4)14-8-16-37-15-6-2/h10-13,17-18,35-36H,5-9,14-16,19H2,1-4H3,(H2,31,32). The van der Waals surface area contributed by atoms with Crippen molar-refractivity contribution in [1.29, 1.82) is 0 Å². The monoisotopic (exact) mass is 504 g/mol. The molecule has 4 rings (SSSR count). The molecular formula is C30H40N4O3. The molecule has 4 aromatic rings. The molecule has 0 aliphatic heterocycles. The molecule has 7 heteroatoms. The summed E-state index contributed by atoms with van der Waals surface area (Å²) in [6.07, 6.45) is 5.86. The number of benzene rings is 2. The fourth-order valence-electron chi connectivity index (χ4n) is 4.95. The molecule has 2 aromatic carbocycles. The van der Waals surface area contributed by atoms with Crippen LogP contribution in [-0.2, 0) is 23.1 Å². The van der Waals surface area contributed by atoms with E-state index in [9.17, 15) is 10.2 Å². The fraction of sp³-hybridized carbons (Fsp3) is 0.467. The molecule has 7 nitrogen and oxygen atoms in total. The molecule has 2 aromatic heterocycles. The van der Waals surface area contributed by atoms with Gasteiger partial charge in [0.2, 0.25) is 0 Å². The summed E-state index contributed by atoms with van der Waals surface area (Å²) in [6.45, 7) is 10.8. The van der Waals surface area contributed by atoms with E-state index in [0.717, 1.165) is 74.0 Å². The molecule has 0 saturated carbocycles. The van der Waals surface area contributed by atoms with E-state index in [2.05, 4.69) is 50.5 Å². The quantitative estimate of drug-likeness (QED) is 0.151. The zero-order valence-corrected chi connectivity index (χ0v) is 22.5. The van der Waals surface area contributed by atoms with Crippen molar-refractivity contribution in [2.45, 2.75) is 78.2 Å². The number of ether oxygens (including phenoxy) is 1. The number of unbranched alkanes of at least 4 members (excludes halogenated alkanes) is 1. The van der Waals surface area contributed by atoms with E-state index in [1.807, 2.05) is 0 Å². The van der Waals surface area contributed by atoms with Crippen molar-refractivity contribution >= 4 is 27.8 Å². The number of hydrogen-bond acceptors (Lipinski definition) is 6. The first kappa shape index (κ1) is 26.7. The third kappa shape index (κ3) is 5.82. The molecule has 4 N–H and O–H groups in total. The van der Waals surface area contributed by atoms with Gasteiger partial charge in [0.05, 0.1) is 17.6 Å². The number of imidazole rings is 1. The predicted molar refractivity (Wildman–Crippen MR) is 150 cm³/mol. The van der Waals surface area contributed by atoms with Gasteiger partial charge < -0.3 is 25.3 Å². The molecule has 0 spiro atoms. The SMILES string of the molecule is CCCCc1nc2c(N)nc3cc(C(C)(C)CCCOCCC)ccc3c2n1Cc1cc(O)ccc1O. The molecule has 0 bridgehead atoms. The number of pyridine rings is 1. The van der Waals surface area contributed by atoms with Crippen LogP contribution in [0.2, 0.25) is 0 Å². The molecule has 0 aliphatic carbocycles. The Labute approximate surface area is 219 Å². The van der Waals surface area contributed by atoms with Crippen LogP contribution in [0, 0.1) is 0 Å². The van der Waals surface area contributed by atoms with Gasteiger partial charge in [0, 0.05) is 30.6 Å². The van der Waals surface area contributed by atoms with Crippen molar-refractivity contribution < 1.29 is 14.9 Å². The minimum absolute atomic E-state index is 0.0327. The second kappa shape index (κ2) is 11.4. The summed E-state index contributed by atoms with van der Waals surface area (Å²) in [7, 11) is 0. The highest BCUT2D eigenvalue weighted by Crippen LogP contribution is 2.35. The van der Waals surface area contributed by atoms with Gasteiger partial charge in [-0.1, -0.05) is 46.2 Å². The predicted octanol–water partition coefficient (Wildman–Crippen LogP) is 6.45. The summed E-state index contributed by atoms with van der Waals surface area (Å²) >= 11 is 0. The summed E-state index contributed by atoms with van der Waals surface area (Å²) in [5.41, 5.74) is 10.7. The van der Waals surface area contributed by atoms with Gasteiger partial charge >= 0.3 is 0 Å². The zero-order chi connectivity index (χ0) is 26.6. The van der Waals surface area contributed by atoms with Crippen molar-refractivity contribution in [3.05, 3.63) is 53.3 Å². The topological polar surface area (TPSA) is 106 Å². The van der Waals surface area contributed by atoms with Crippen LogP contribution in [0.15, 0.2) is 36.4 Å². The number of nitrogen functional groups attached to an aromatic ring is 1. The van der Waals surface area contributed by atoms with Gasteiger partial charge in [-0.05, 0) is 60.9 Å². The smallest absolute Gasteiger partial charge is 0.152 e. The van der Waals surface area contributed by atoms with E-state index >= 15 is 0 Å². The van der Waals surface area contributed by atoms with Crippen molar-refractivity contribution in [1.82, 2.24) is 14.5 Å². The van der Waals surface area contributed by atoms with Gasteiger partial charge in [0.25, 0.3) is 0 Å². The third-order valence-corrected chi connectivity index (χ3v) is 7.15. The molecule has 37 heavy (non-hydrogen) atoms. The van der Waals surface area contributed by atoms with Crippen molar-refractivity contribution in [2.75, 3.05) is 18.9 Å². The fourth-order valence-corrected chi connectivity index (χ4v) is 4.95. The Kier molecular flexibility index (Phi) is 8.22. The Morgan fingerprint density at radius 1 is 0.973 bits per heavy atom. The lowest BCUT2D eigenvalue weighted by Crippen LogP contribution is -2.18. The van der Waals surface area contributed by atoms with E-state index in [4.69, 9.17) is 20.4 Å². The van der Waals surface area contributed by atoms with Gasteiger partial charge in [-0.25, -0.2) is 9.97 Å². The van der Waals surface area contributed by atoms with E-state index in [1.54, 1.807) is 6.07 Å². The second-order valence-corrected chi connectivity index (χ2v) is 10.6. The molecule has 198 valence electrons. The van der Waals surface area contributed by atoms with Crippen LogP contribution in [-0.4, -0.2) is 38.0 Å². The van der Waals surface area contributed by atoms with E-state index in [0.29, 0.717) is 23.4 Å². The lowest BCUT2D eigenvalue weighted by atomic mass is 9.80. The zero-order valence-electron chi connectivity index (χ0n) is 22.5. The Balaban J connectivity index is 1.79. The highest BCUT2D eigenvalue weighted by Gasteiger charge is 2.23. The lowest BCUT2D eigenvalue weighted by molar-refractivity contribution is 0.126. The maximum atomic E-state index is 10.5. The largest absolute Gasteiger partial charge is 0.508 e. The van der Waals surface area contributed by atoms with Gasteiger partial charge in [0.15, 0.2) is 5.82 Å². The maximum absolute atomic E-state index is 10.5. The molecule has 0 unspecified atom stereocenters. The van der Waals surface area contributed by atoms with Crippen molar-refractivity contribution in [3.63, 3.8) is 0 Å². The molecule has 0 aliphatic rings. The number of anilines is 1. The van der Waals surface area contributed by atoms with Gasteiger partial charge in [0.1, 0.15) is 22.8 Å². The molecule has 0 fully saturated rings. The minimum atomic E-state index is -0.0327. The highest BCUT2D eigenvalue weighted by atomic mass is 16.5. The minimum Gasteiger partial charge on any atom is -0.508 e. The van der Waals surface area contributed by atoms with Crippen LogP contribution in [0.25, 0.3) is 21.9 Å². The first-order valence-electron chi connectivity index (χ1n) is 13.4. The molecule has 2 heterocycles. The Morgan fingerprint density at radius 2 is 1.78 bits per heavy atom. The summed E-state index contributed by atoms with van der Waals surface area (Å²) in [5, 5.41) is 21.5. The van der Waals surface area contributed by atoms with E-state index < -0.39 is 0 Å². The van der Waals surface area contributed by atoms with Crippen LogP contribution in [0.5, 0.6) is 11.5 Å². The maximum Gasteiger partial charge on any atom is 0.152 e. The number of hydrogen-bond donors (Lipinski definition) is 3. The first-order chi connectivity index (χ1) is 17.7. The number of phenolic OH excluding ortho intramolecular Hbond substituents is 2. The number of nitrogens with two attached hydrogens (primary N) is 1. The summed E-state index contributed by atoms with van der Waals surface area (Å²) in [5.74, 6) is 1.56. The highest BCUT2D eigenvalue weighted by molar-refractivity contribution is 6.06. The molecule has 0 atom stereocenters. The van der Waals surface area contributed by atoms with Crippen LogP contribution in [0.3, 0.4) is 0 Å². The Morgan fingerprint density at radius 3 is 2.54 bits per heavy atom. The summed E-state index contributed by atoms with van der Waals surface area (Å²) < 4.78 is 7.80. The Bertz CT molecular complexity index is 1380. The third-order valence-electron chi connectivity index (χ3n) is 7.15. The number of aryl methyl sites for hydroxylation is 1. The van der Waals surface area contributed by atoms with E-state index in [1.165, 1.54) is 17.7 Å². The number of rotatable bonds is 12. The summed E-state index contributed by atoms with van der Waals surface area (Å²) in [4.78, 5) is 9.66.